The van der Waals surface area contributed by atoms with Crippen molar-refractivity contribution in [1.82, 2.24) is 9.88 Å². The van der Waals surface area contributed by atoms with E-state index >= 15 is 0 Å². The van der Waals surface area contributed by atoms with Gasteiger partial charge in [-0.1, -0.05) is 48.0 Å². The second-order valence-corrected chi connectivity index (χ2v) is 7.56. The van der Waals surface area contributed by atoms with E-state index < -0.39 is 0 Å². The third-order valence-corrected chi connectivity index (χ3v) is 5.16. The quantitative estimate of drug-likeness (QED) is 0.681. The fourth-order valence-electron chi connectivity index (χ4n) is 3.11. The summed E-state index contributed by atoms with van der Waals surface area (Å²) in [5.41, 5.74) is 4.51. The van der Waals surface area contributed by atoms with Crippen molar-refractivity contribution in [2.45, 2.75) is 39.4 Å². The average Bonchev–Trinajstić information content (AvgIpc) is 2.87. The van der Waals surface area contributed by atoms with Gasteiger partial charge in [-0.3, -0.25) is 0 Å². The number of para-hydroxylation sites is 1. The van der Waals surface area contributed by atoms with Crippen LogP contribution < -0.4 is 5.32 Å². The number of halogens is 1. The predicted octanol–water partition coefficient (Wildman–Crippen LogP) is 4.51. The first-order valence-electron chi connectivity index (χ1n) is 8.59. The smallest absolute Gasteiger partial charge is 0.0607 e. The summed E-state index contributed by atoms with van der Waals surface area (Å²) in [4.78, 5) is 0. The first-order valence-corrected chi connectivity index (χ1v) is 8.97. The molecule has 0 aliphatic rings. The number of nitrogens with one attached hydrogen (secondary N) is 1. The fourth-order valence-corrected chi connectivity index (χ4v) is 3.31. The van der Waals surface area contributed by atoms with Crippen molar-refractivity contribution in [1.29, 1.82) is 0 Å². The Labute approximate surface area is 154 Å². The van der Waals surface area contributed by atoms with Gasteiger partial charge in [-0.05, 0) is 44.0 Å². The van der Waals surface area contributed by atoms with E-state index in [2.05, 4.69) is 47.1 Å². The summed E-state index contributed by atoms with van der Waals surface area (Å²) in [6.07, 6.45) is 0. The molecule has 0 saturated heterocycles. The number of aromatic nitrogens is 1. The van der Waals surface area contributed by atoms with Crippen molar-refractivity contribution in [3.63, 3.8) is 0 Å². The molecular weight excluding hydrogens is 332 g/mol. The second kappa shape index (κ2) is 7.20. The molecule has 3 rings (SSSR count). The number of hydrogen-bond donors (Lipinski definition) is 2. The number of rotatable bonds is 6. The molecule has 1 aromatic heterocycles. The summed E-state index contributed by atoms with van der Waals surface area (Å²) in [5, 5.41) is 15.0. The Morgan fingerprint density at radius 3 is 2.48 bits per heavy atom. The maximum absolute atomic E-state index is 9.50. The lowest BCUT2D eigenvalue weighted by Crippen LogP contribution is -2.42. The van der Waals surface area contributed by atoms with E-state index in [1.54, 1.807) is 0 Å². The normalized spacial score (nSPS) is 12.0. The molecule has 0 atom stereocenters. The van der Waals surface area contributed by atoms with Crippen LogP contribution in [0.2, 0.25) is 5.02 Å². The molecule has 0 fully saturated rings. The van der Waals surface area contributed by atoms with Gasteiger partial charge in [-0.25, -0.2) is 0 Å². The molecule has 132 valence electrons. The van der Waals surface area contributed by atoms with E-state index in [-0.39, 0.29) is 12.1 Å². The number of benzene rings is 2. The van der Waals surface area contributed by atoms with Gasteiger partial charge in [0.05, 0.1) is 6.61 Å². The lowest BCUT2D eigenvalue weighted by atomic mass is 10.1. The predicted molar refractivity (Wildman–Crippen MR) is 105 cm³/mol. The van der Waals surface area contributed by atoms with Crippen LogP contribution in [0.4, 0.5) is 0 Å². The fraction of sp³-hybridized carbons (Fsp3) is 0.333. The van der Waals surface area contributed by atoms with Crippen LogP contribution in [0.3, 0.4) is 0 Å². The van der Waals surface area contributed by atoms with Crippen LogP contribution in [0, 0.1) is 6.92 Å². The Bertz CT molecular complexity index is 883. The number of hydrogen-bond acceptors (Lipinski definition) is 2. The molecular formula is C21H25ClN2O. The van der Waals surface area contributed by atoms with Crippen molar-refractivity contribution < 1.29 is 5.11 Å². The van der Waals surface area contributed by atoms with Crippen molar-refractivity contribution in [2.75, 3.05) is 6.61 Å². The van der Waals surface area contributed by atoms with E-state index in [1.165, 1.54) is 22.2 Å². The Morgan fingerprint density at radius 2 is 1.76 bits per heavy atom. The van der Waals surface area contributed by atoms with Crippen LogP contribution in [0.1, 0.15) is 30.7 Å². The molecule has 0 aliphatic carbocycles. The monoisotopic (exact) mass is 356 g/mol. The lowest BCUT2D eigenvalue weighted by Gasteiger charge is -2.23. The molecule has 3 nitrogen and oxygen atoms in total. The molecule has 0 aliphatic heterocycles. The third kappa shape index (κ3) is 3.74. The summed E-state index contributed by atoms with van der Waals surface area (Å²) in [5.74, 6) is 0. The molecule has 2 aromatic carbocycles. The minimum absolute atomic E-state index is 0.102. The van der Waals surface area contributed by atoms with Gasteiger partial charge in [0.2, 0.25) is 0 Å². The van der Waals surface area contributed by atoms with Gasteiger partial charge < -0.3 is 15.0 Å². The Hall–Kier alpha value is -1.81. The summed E-state index contributed by atoms with van der Waals surface area (Å²) in [6, 6.07) is 16.4. The SMILES string of the molecule is Cc1c(CNC(C)(C)CO)c2ccccc2n1Cc1ccccc1Cl. The molecule has 0 amide bonds. The van der Waals surface area contributed by atoms with E-state index in [0.717, 1.165) is 23.7 Å². The highest BCUT2D eigenvalue weighted by molar-refractivity contribution is 6.31. The van der Waals surface area contributed by atoms with Crippen LogP contribution in [0.5, 0.6) is 0 Å². The summed E-state index contributed by atoms with van der Waals surface area (Å²) < 4.78 is 2.32. The maximum Gasteiger partial charge on any atom is 0.0607 e. The lowest BCUT2D eigenvalue weighted by molar-refractivity contribution is 0.187. The van der Waals surface area contributed by atoms with E-state index in [1.807, 2.05) is 32.0 Å². The van der Waals surface area contributed by atoms with Gasteiger partial charge in [0.1, 0.15) is 0 Å². The zero-order valence-corrected chi connectivity index (χ0v) is 15.8. The van der Waals surface area contributed by atoms with Crippen LogP contribution in [-0.2, 0) is 13.1 Å². The molecule has 1 heterocycles. The molecule has 0 bridgehead atoms. The molecule has 0 radical (unpaired) electrons. The summed E-state index contributed by atoms with van der Waals surface area (Å²) in [7, 11) is 0. The van der Waals surface area contributed by atoms with Crippen molar-refractivity contribution >= 4 is 22.5 Å². The number of aliphatic hydroxyl groups excluding tert-OH is 1. The van der Waals surface area contributed by atoms with Crippen molar-refractivity contribution in [2.24, 2.45) is 0 Å². The number of nitrogens with zero attached hydrogens (tertiary/aromatic N) is 1. The highest BCUT2D eigenvalue weighted by Gasteiger charge is 2.19. The summed E-state index contributed by atoms with van der Waals surface area (Å²) in [6.45, 7) is 7.73. The number of fused-ring (bicyclic) bond motifs is 1. The van der Waals surface area contributed by atoms with Gasteiger partial charge in [-0.15, -0.1) is 0 Å². The zero-order valence-electron chi connectivity index (χ0n) is 15.0. The van der Waals surface area contributed by atoms with Gasteiger partial charge >= 0.3 is 0 Å². The Morgan fingerprint density at radius 1 is 1.08 bits per heavy atom. The highest BCUT2D eigenvalue weighted by atomic mass is 35.5. The molecule has 2 N–H and O–H groups in total. The first-order chi connectivity index (χ1) is 11.9. The first kappa shape index (κ1) is 18.0. The third-order valence-electron chi connectivity index (χ3n) is 4.79. The molecule has 4 heteroatoms. The summed E-state index contributed by atoms with van der Waals surface area (Å²) >= 11 is 6.37. The van der Waals surface area contributed by atoms with Gasteiger partial charge in [0.25, 0.3) is 0 Å². The van der Waals surface area contributed by atoms with Crippen LogP contribution in [0.15, 0.2) is 48.5 Å². The van der Waals surface area contributed by atoms with E-state index in [0.29, 0.717) is 0 Å². The average molecular weight is 357 g/mol. The van der Waals surface area contributed by atoms with Crippen LogP contribution in [-0.4, -0.2) is 21.8 Å². The molecule has 0 saturated carbocycles. The van der Waals surface area contributed by atoms with Crippen molar-refractivity contribution in [3.05, 3.63) is 70.4 Å². The largest absolute Gasteiger partial charge is 0.394 e. The van der Waals surface area contributed by atoms with E-state index in [9.17, 15) is 5.11 Å². The molecule has 0 spiro atoms. The highest BCUT2D eigenvalue weighted by Crippen LogP contribution is 2.28. The second-order valence-electron chi connectivity index (χ2n) is 7.15. The van der Waals surface area contributed by atoms with Crippen LogP contribution >= 0.6 is 11.6 Å². The number of aliphatic hydroxyl groups is 1. The Balaban J connectivity index is 2.02. The minimum atomic E-state index is -0.307. The zero-order chi connectivity index (χ0) is 18.0. The van der Waals surface area contributed by atoms with Crippen LogP contribution in [0.25, 0.3) is 10.9 Å². The van der Waals surface area contributed by atoms with Gasteiger partial charge in [0, 0.05) is 40.2 Å². The standard InChI is InChI=1S/C21H25ClN2O/c1-15-18(12-23-21(2,3)14-25)17-9-5-7-11-20(17)24(15)13-16-8-4-6-10-19(16)22/h4-11,23,25H,12-14H2,1-3H3. The molecule has 0 unspecified atom stereocenters. The molecule has 3 aromatic rings. The molecule has 25 heavy (non-hydrogen) atoms. The van der Waals surface area contributed by atoms with Gasteiger partial charge in [0.15, 0.2) is 0 Å². The maximum atomic E-state index is 9.50. The van der Waals surface area contributed by atoms with Crippen molar-refractivity contribution in [3.8, 4) is 0 Å². The van der Waals surface area contributed by atoms with E-state index in [4.69, 9.17) is 11.6 Å². The van der Waals surface area contributed by atoms with Gasteiger partial charge in [-0.2, -0.15) is 0 Å². The Kier molecular flexibility index (Phi) is 5.19. The topological polar surface area (TPSA) is 37.2 Å². The minimum Gasteiger partial charge on any atom is -0.394 e.